The number of ether oxygens (including phenoxy) is 1. The minimum Gasteiger partial charge on any atom is -0.497 e. The molecule has 2 aromatic rings. The Labute approximate surface area is 128 Å². The molecule has 3 rings (SSSR count). The third-order valence-electron chi connectivity index (χ3n) is 4.09. The average Bonchev–Trinajstić information content (AvgIpc) is 3.11. The van der Waals surface area contributed by atoms with Crippen molar-refractivity contribution < 1.29 is 9.53 Å². The number of carbonyl (C=O) groups is 1. The molecule has 2 heterocycles. The molecule has 1 aliphatic heterocycles. The summed E-state index contributed by atoms with van der Waals surface area (Å²) in [6.07, 6.45) is 2.18. The number of nitrogens with zero attached hydrogens (tertiary/aromatic N) is 2. The number of H-pyrrole nitrogens is 1. The van der Waals surface area contributed by atoms with E-state index in [2.05, 4.69) is 4.98 Å². The van der Waals surface area contributed by atoms with Crippen LogP contribution < -0.4 is 4.74 Å². The van der Waals surface area contributed by atoms with Gasteiger partial charge in [-0.1, -0.05) is 0 Å². The molecule has 1 aromatic heterocycles. The van der Waals surface area contributed by atoms with E-state index in [1.807, 2.05) is 34.6 Å². The quantitative estimate of drug-likeness (QED) is 0.887. The minimum atomic E-state index is -0.294. The molecule has 1 unspecified atom stereocenters. The second-order valence-electron chi connectivity index (χ2n) is 5.39. The van der Waals surface area contributed by atoms with Gasteiger partial charge in [0.2, 0.25) is 5.91 Å². The second kappa shape index (κ2) is 5.52. The smallest absolute Gasteiger partial charge is 0.245 e. The number of benzene rings is 1. The van der Waals surface area contributed by atoms with Crippen molar-refractivity contribution in [2.24, 2.45) is 0 Å². The zero-order chi connectivity index (χ0) is 15.0. The van der Waals surface area contributed by atoms with E-state index in [4.69, 9.17) is 17.0 Å². The van der Waals surface area contributed by atoms with Crippen LogP contribution >= 0.6 is 12.2 Å². The molecule has 1 atom stereocenters. The van der Waals surface area contributed by atoms with Gasteiger partial charge < -0.3 is 19.2 Å². The van der Waals surface area contributed by atoms with Crippen LogP contribution in [-0.4, -0.2) is 40.6 Å². The summed E-state index contributed by atoms with van der Waals surface area (Å²) in [4.78, 5) is 17.7. The molecule has 21 heavy (non-hydrogen) atoms. The molecule has 6 heteroatoms. The van der Waals surface area contributed by atoms with Crippen molar-refractivity contribution in [1.82, 2.24) is 14.5 Å². The van der Waals surface area contributed by atoms with Gasteiger partial charge in [0.05, 0.1) is 18.1 Å². The van der Waals surface area contributed by atoms with Crippen LogP contribution in [0.2, 0.25) is 0 Å². The van der Waals surface area contributed by atoms with Gasteiger partial charge >= 0.3 is 0 Å². The highest BCUT2D eigenvalue weighted by molar-refractivity contribution is 7.71. The van der Waals surface area contributed by atoms with Gasteiger partial charge in [0, 0.05) is 19.2 Å². The fourth-order valence-electron chi connectivity index (χ4n) is 2.93. The SMILES string of the molecule is COc1ccc2c(c1)[nH]c(=S)n2C(C)C(=O)N1CCCC1. The molecule has 1 fully saturated rings. The summed E-state index contributed by atoms with van der Waals surface area (Å²) in [5.74, 6) is 0.907. The Morgan fingerprint density at radius 3 is 2.76 bits per heavy atom. The molecule has 0 spiro atoms. The summed E-state index contributed by atoms with van der Waals surface area (Å²) in [5, 5.41) is 0. The zero-order valence-electron chi connectivity index (χ0n) is 12.3. The largest absolute Gasteiger partial charge is 0.497 e. The van der Waals surface area contributed by atoms with E-state index >= 15 is 0 Å². The lowest BCUT2D eigenvalue weighted by Gasteiger charge is -2.21. The van der Waals surface area contributed by atoms with Gasteiger partial charge in [-0.3, -0.25) is 4.79 Å². The Balaban J connectivity index is 2.01. The zero-order valence-corrected chi connectivity index (χ0v) is 13.1. The maximum absolute atomic E-state index is 12.6. The van der Waals surface area contributed by atoms with E-state index in [0.29, 0.717) is 4.77 Å². The van der Waals surface area contributed by atoms with Crippen molar-refractivity contribution in [2.45, 2.75) is 25.8 Å². The summed E-state index contributed by atoms with van der Waals surface area (Å²) in [6.45, 7) is 3.62. The predicted molar refractivity (Wildman–Crippen MR) is 84.2 cm³/mol. The highest BCUT2D eigenvalue weighted by Gasteiger charge is 2.25. The Kier molecular flexibility index (Phi) is 3.71. The highest BCUT2D eigenvalue weighted by Crippen LogP contribution is 2.25. The van der Waals surface area contributed by atoms with E-state index < -0.39 is 0 Å². The van der Waals surface area contributed by atoms with E-state index in [1.54, 1.807) is 7.11 Å². The van der Waals surface area contributed by atoms with E-state index in [-0.39, 0.29) is 11.9 Å². The number of fused-ring (bicyclic) bond motifs is 1. The van der Waals surface area contributed by atoms with Gasteiger partial charge in [0.25, 0.3) is 0 Å². The van der Waals surface area contributed by atoms with Gasteiger partial charge in [-0.15, -0.1) is 0 Å². The number of rotatable bonds is 3. The number of carbonyl (C=O) groups excluding carboxylic acids is 1. The predicted octanol–water partition coefficient (Wildman–Crippen LogP) is 2.89. The number of imidazole rings is 1. The lowest BCUT2D eigenvalue weighted by molar-refractivity contribution is -0.133. The molecule has 0 radical (unpaired) electrons. The molecule has 1 aliphatic rings. The van der Waals surface area contributed by atoms with E-state index in [9.17, 15) is 4.79 Å². The van der Waals surface area contributed by atoms with Gasteiger partial charge in [-0.25, -0.2) is 0 Å². The van der Waals surface area contributed by atoms with E-state index in [1.165, 1.54) is 0 Å². The molecule has 1 N–H and O–H groups in total. The number of methoxy groups -OCH3 is 1. The Hall–Kier alpha value is -1.82. The monoisotopic (exact) mass is 305 g/mol. The van der Waals surface area contributed by atoms with E-state index in [0.717, 1.165) is 42.7 Å². The molecule has 0 aliphatic carbocycles. The molecule has 1 amide bonds. The molecular formula is C15H19N3O2S. The van der Waals surface area contributed by atoms with Crippen molar-refractivity contribution in [3.63, 3.8) is 0 Å². The maximum Gasteiger partial charge on any atom is 0.245 e. The molecule has 5 nitrogen and oxygen atoms in total. The first-order valence-electron chi connectivity index (χ1n) is 7.19. The van der Waals surface area contributed by atoms with Crippen molar-refractivity contribution in [2.75, 3.05) is 20.2 Å². The Morgan fingerprint density at radius 2 is 2.10 bits per heavy atom. The van der Waals surface area contributed by atoms with Gasteiger partial charge in [0.15, 0.2) is 4.77 Å². The molecular weight excluding hydrogens is 286 g/mol. The Bertz CT molecular complexity index is 728. The molecule has 112 valence electrons. The van der Waals surface area contributed by atoms with Crippen LogP contribution in [0.15, 0.2) is 18.2 Å². The van der Waals surface area contributed by atoms with Crippen LogP contribution in [0.3, 0.4) is 0 Å². The van der Waals surface area contributed by atoms with Gasteiger partial charge in [-0.05, 0) is 44.1 Å². The number of aromatic nitrogens is 2. The molecule has 1 saturated heterocycles. The number of amides is 1. The van der Waals surface area contributed by atoms with Crippen molar-refractivity contribution in [1.29, 1.82) is 0 Å². The average molecular weight is 305 g/mol. The lowest BCUT2D eigenvalue weighted by Crippen LogP contribution is -2.33. The summed E-state index contributed by atoms with van der Waals surface area (Å²) in [6, 6.07) is 5.43. The van der Waals surface area contributed by atoms with Crippen LogP contribution in [0.25, 0.3) is 11.0 Å². The fourth-order valence-corrected chi connectivity index (χ4v) is 3.30. The van der Waals surface area contributed by atoms with Crippen LogP contribution in [0.4, 0.5) is 0 Å². The van der Waals surface area contributed by atoms with Crippen molar-refractivity contribution in [3.05, 3.63) is 23.0 Å². The topological polar surface area (TPSA) is 50.3 Å². The van der Waals surface area contributed by atoms with Crippen LogP contribution in [0.1, 0.15) is 25.8 Å². The number of aromatic amines is 1. The summed E-state index contributed by atoms with van der Waals surface area (Å²) in [5.41, 5.74) is 1.82. The first kappa shape index (κ1) is 14.1. The van der Waals surface area contributed by atoms with Crippen molar-refractivity contribution in [3.8, 4) is 5.75 Å². The first-order chi connectivity index (χ1) is 10.1. The number of hydrogen-bond donors (Lipinski definition) is 1. The Morgan fingerprint density at radius 1 is 1.38 bits per heavy atom. The second-order valence-corrected chi connectivity index (χ2v) is 5.78. The summed E-state index contributed by atoms with van der Waals surface area (Å²) >= 11 is 5.40. The lowest BCUT2D eigenvalue weighted by atomic mass is 10.2. The minimum absolute atomic E-state index is 0.139. The number of hydrogen-bond acceptors (Lipinski definition) is 3. The summed E-state index contributed by atoms with van der Waals surface area (Å²) in [7, 11) is 1.63. The molecule has 0 saturated carbocycles. The third kappa shape index (κ3) is 2.44. The first-order valence-corrected chi connectivity index (χ1v) is 7.59. The normalized spacial score (nSPS) is 16.4. The van der Waals surface area contributed by atoms with Crippen molar-refractivity contribution >= 4 is 29.2 Å². The molecule has 0 bridgehead atoms. The number of likely N-dealkylation sites (tertiary alicyclic amines) is 1. The van der Waals surface area contributed by atoms with Crippen LogP contribution in [-0.2, 0) is 4.79 Å². The third-order valence-corrected chi connectivity index (χ3v) is 4.38. The van der Waals surface area contributed by atoms with Gasteiger partial charge in [-0.2, -0.15) is 0 Å². The highest BCUT2D eigenvalue weighted by atomic mass is 32.1. The van der Waals surface area contributed by atoms with Crippen LogP contribution in [0, 0.1) is 4.77 Å². The standard InChI is InChI=1S/C15H19N3O2S/c1-10(14(19)17-7-3-4-8-17)18-13-6-5-11(20-2)9-12(13)16-15(18)21/h5-6,9-10H,3-4,7-8H2,1-2H3,(H,16,21). The fraction of sp³-hybridized carbons (Fsp3) is 0.467. The molecule has 1 aromatic carbocycles. The number of nitrogens with one attached hydrogen (secondary N) is 1. The van der Waals surface area contributed by atoms with Gasteiger partial charge in [0.1, 0.15) is 11.8 Å². The maximum atomic E-state index is 12.6. The summed E-state index contributed by atoms with van der Waals surface area (Å²) < 4.78 is 7.68. The van der Waals surface area contributed by atoms with Crippen LogP contribution in [0.5, 0.6) is 5.75 Å².